The molecule has 0 saturated heterocycles. The van der Waals surface area contributed by atoms with Gasteiger partial charge in [-0.25, -0.2) is 0 Å². The standard InChI is InChI=1S/2C10H14O.Li/c1-3-8(2)9-4-6-10(11)7-5-9;1-3-8(2)9-5-4-6-10(11)7-9;/h2*4-8,11H,3H2,1-2H3;/q;;+1/p-1. The third-order valence-corrected chi connectivity index (χ3v) is 4.11. The third kappa shape index (κ3) is 7.64. The van der Waals surface area contributed by atoms with Crippen molar-refractivity contribution >= 4 is 0 Å². The topological polar surface area (TPSA) is 43.3 Å². The molecule has 0 bridgehead atoms. The van der Waals surface area contributed by atoms with Crippen molar-refractivity contribution in [2.24, 2.45) is 0 Å². The van der Waals surface area contributed by atoms with Crippen LogP contribution in [0.3, 0.4) is 0 Å². The van der Waals surface area contributed by atoms with Crippen molar-refractivity contribution in [1.82, 2.24) is 0 Å². The van der Waals surface area contributed by atoms with Gasteiger partial charge in [0.2, 0.25) is 0 Å². The normalized spacial score (nSPS) is 12.3. The first-order valence-electron chi connectivity index (χ1n) is 8.03. The average molecular weight is 306 g/mol. The molecular weight excluding hydrogens is 279 g/mol. The van der Waals surface area contributed by atoms with Gasteiger partial charge in [0.1, 0.15) is 5.75 Å². The second kappa shape index (κ2) is 11.2. The van der Waals surface area contributed by atoms with Gasteiger partial charge in [0.05, 0.1) is 0 Å². The van der Waals surface area contributed by atoms with E-state index < -0.39 is 0 Å². The molecule has 0 aliphatic heterocycles. The van der Waals surface area contributed by atoms with E-state index in [1.807, 2.05) is 30.3 Å². The zero-order valence-electron chi connectivity index (χ0n) is 15.0. The fraction of sp³-hybridized carbons (Fsp3) is 0.400. The van der Waals surface area contributed by atoms with Crippen LogP contribution in [0.2, 0.25) is 0 Å². The Balaban J connectivity index is 0.000000403. The number of rotatable bonds is 4. The summed E-state index contributed by atoms with van der Waals surface area (Å²) in [7, 11) is 0. The molecule has 0 amide bonds. The first kappa shape index (κ1) is 21.6. The Bertz CT molecular complexity index is 552. The zero-order chi connectivity index (χ0) is 16.5. The molecule has 120 valence electrons. The molecule has 23 heavy (non-hydrogen) atoms. The largest absolute Gasteiger partial charge is 1.00 e. The Kier molecular flexibility index (Phi) is 10.6. The van der Waals surface area contributed by atoms with Gasteiger partial charge in [-0.15, -0.1) is 5.75 Å². The molecule has 2 rings (SSSR count). The van der Waals surface area contributed by atoms with Crippen molar-refractivity contribution in [3.63, 3.8) is 0 Å². The predicted molar refractivity (Wildman–Crippen MR) is 91.4 cm³/mol. The number of hydrogen-bond acceptors (Lipinski definition) is 2. The van der Waals surface area contributed by atoms with Gasteiger partial charge in [0, 0.05) is 0 Å². The van der Waals surface area contributed by atoms with Crippen LogP contribution in [0.5, 0.6) is 11.5 Å². The summed E-state index contributed by atoms with van der Waals surface area (Å²) in [5.41, 5.74) is 2.47. The summed E-state index contributed by atoms with van der Waals surface area (Å²) in [6.45, 7) is 8.62. The van der Waals surface area contributed by atoms with Crippen LogP contribution >= 0.6 is 0 Å². The number of hydrogen-bond donors (Lipinski definition) is 1. The van der Waals surface area contributed by atoms with E-state index in [9.17, 15) is 5.11 Å². The van der Waals surface area contributed by atoms with Crippen LogP contribution in [0.4, 0.5) is 0 Å². The molecule has 0 spiro atoms. The molecule has 0 aromatic heterocycles. The van der Waals surface area contributed by atoms with E-state index in [0.29, 0.717) is 17.6 Å². The van der Waals surface area contributed by atoms with Crippen LogP contribution in [0.25, 0.3) is 0 Å². The molecule has 2 aromatic rings. The fourth-order valence-electron chi connectivity index (χ4n) is 2.10. The third-order valence-electron chi connectivity index (χ3n) is 4.11. The van der Waals surface area contributed by atoms with Crippen molar-refractivity contribution in [3.8, 4) is 11.5 Å². The van der Waals surface area contributed by atoms with Gasteiger partial charge in [-0.1, -0.05) is 64.1 Å². The van der Waals surface area contributed by atoms with E-state index in [1.54, 1.807) is 18.2 Å². The maximum absolute atomic E-state index is 10.7. The summed E-state index contributed by atoms with van der Waals surface area (Å²) in [5, 5.41) is 19.9. The zero-order valence-corrected chi connectivity index (χ0v) is 15.0. The van der Waals surface area contributed by atoms with Gasteiger partial charge in [0.25, 0.3) is 0 Å². The number of phenolic OH excluding ortho intramolecular Hbond substituents is 1. The van der Waals surface area contributed by atoms with Gasteiger partial charge in [-0.3, -0.25) is 0 Å². The van der Waals surface area contributed by atoms with Gasteiger partial charge in [0.15, 0.2) is 0 Å². The minimum Gasteiger partial charge on any atom is -0.872 e. The minimum atomic E-state index is 0. The van der Waals surface area contributed by atoms with Crippen molar-refractivity contribution in [3.05, 3.63) is 59.7 Å². The summed E-state index contributed by atoms with van der Waals surface area (Å²) in [4.78, 5) is 0. The molecule has 2 unspecified atom stereocenters. The van der Waals surface area contributed by atoms with Crippen LogP contribution in [-0.2, 0) is 0 Å². The number of benzene rings is 2. The van der Waals surface area contributed by atoms with Crippen LogP contribution in [0, 0.1) is 0 Å². The number of aromatic hydroxyl groups is 1. The fourth-order valence-corrected chi connectivity index (χ4v) is 2.10. The summed E-state index contributed by atoms with van der Waals surface area (Å²) in [6.07, 6.45) is 2.24. The van der Waals surface area contributed by atoms with E-state index in [4.69, 9.17) is 5.11 Å². The van der Waals surface area contributed by atoms with Crippen LogP contribution < -0.4 is 24.0 Å². The molecule has 0 aliphatic rings. The van der Waals surface area contributed by atoms with Gasteiger partial charge in [-0.05, 0) is 47.9 Å². The second-order valence-corrected chi connectivity index (χ2v) is 5.78. The quantitative estimate of drug-likeness (QED) is 0.880. The Morgan fingerprint density at radius 2 is 1.39 bits per heavy atom. The van der Waals surface area contributed by atoms with Crippen LogP contribution in [-0.4, -0.2) is 5.11 Å². The van der Waals surface area contributed by atoms with E-state index in [-0.39, 0.29) is 24.6 Å². The van der Waals surface area contributed by atoms with E-state index in [2.05, 4.69) is 27.7 Å². The molecule has 3 heteroatoms. The monoisotopic (exact) mass is 306 g/mol. The molecule has 0 heterocycles. The maximum atomic E-state index is 10.7. The molecule has 0 aliphatic carbocycles. The molecular formula is C20H27LiO2. The van der Waals surface area contributed by atoms with Crippen molar-refractivity contribution in [2.45, 2.75) is 52.4 Å². The van der Waals surface area contributed by atoms with Gasteiger partial charge in [-0.2, -0.15) is 0 Å². The smallest absolute Gasteiger partial charge is 0.872 e. The molecule has 2 aromatic carbocycles. The van der Waals surface area contributed by atoms with E-state index >= 15 is 0 Å². The van der Waals surface area contributed by atoms with Crippen molar-refractivity contribution in [2.75, 3.05) is 0 Å². The van der Waals surface area contributed by atoms with Gasteiger partial charge >= 0.3 is 18.9 Å². The first-order chi connectivity index (χ1) is 10.5. The first-order valence-corrected chi connectivity index (χ1v) is 8.03. The van der Waals surface area contributed by atoms with Crippen molar-refractivity contribution in [1.29, 1.82) is 0 Å². The molecule has 1 N–H and O–H groups in total. The Morgan fingerprint density at radius 3 is 1.87 bits per heavy atom. The number of phenols is 1. The SMILES string of the molecule is CCC(C)c1ccc([O-])cc1.CCC(C)c1cccc(O)c1.[Li+]. The minimum absolute atomic E-state index is 0. The van der Waals surface area contributed by atoms with E-state index in [0.717, 1.165) is 12.8 Å². The Labute approximate surface area is 152 Å². The van der Waals surface area contributed by atoms with Gasteiger partial charge < -0.3 is 10.2 Å². The van der Waals surface area contributed by atoms with Crippen molar-refractivity contribution < 1.29 is 29.1 Å². The summed E-state index contributed by atoms with van der Waals surface area (Å²) >= 11 is 0. The van der Waals surface area contributed by atoms with Crippen LogP contribution in [0.15, 0.2) is 48.5 Å². The summed E-state index contributed by atoms with van der Waals surface area (Å²) < 4.78 is 0. The summed E-state index contributed by atoms with van der Waals surface area (Å²) in [6, 6.07) is 14.5. The second-order valence-electron chi connectivity index (χ2n) is 5.78. The molecule has 0 radical (unpaired) electrons. The Hall–Kier alpha value is -1.36. The molecule has 2 nitrogen and oxygen atoms in total. The van der Waals surface area contributed by atoms with E-state index in [1.165, 1.54) is 11.1 Å². The average Bonchev–Trinajstić information content (AvgIpc) is 2.54. The maximum Gasteiger partial charge on any atom is 1.00 e. The molecule has 2 atom stereocenters. The predicted octanol–water partition coefficient (Wildman–Crippen LogP) is 2.18. The summed E-state index contributed by atoms with van der Waals surface area (Å²) in [5.74, 6) is 1.57. The molecule has 0 saturated carbocycles. The Morgan fingerprint density at radius 1 is 0.870 bits per heavy atom. The van der Waals surface area contributed by atoms with Crippen LogP contribution in [0.1, 0.15) is 63.5 Å². The molecule has 0 fully saturated rings.